The maximum Gasteiger partial charge on any atom is 0.223 e. The van der Waals surface area contributed by atoms with Crippen LogP contribution in [-0.4, -0.2) is 58.4 Å². The fraction of sp³-hybridized carbons (Fsp3) is 0.714. The van der Waals surface area contributed by atoms with Gasteiger partial charge in [-0.1, -0.05) is 0 Å². The summed E-state index contributed by atoms with van der Waals surface area (Å²) in [6, 6.07) is 0.355. The molecule has 7 heteroatoms. The molecule has 3 fully saturated rings. The molecule has 0 saturated carbocycles. The zero-order valence-corrected chi connectivity index (χ0v) is 17.4. The molecule has 2 amide bonds. The summed E-state index contributed by atoms with van der Waals surface area (Å²) < 4.78 is 0. The smallest absolute Gasteiger partial charge is 0.223 e. The lowest BCUT2D eigenvalue weighted by molar-refractivity contribution is -0.149. The lowest BCUT2D eigenvalue weighted by Crippen LogP contribution is -2.67. The fourth-order valence-corrected chi connectivity index (χ4v) is 5.52. The molecule has 1 aromatic rings. The van der Waals surface area contributed by atoms with Gasteiger partial charge in [-0.15, -0.1) is 0 Å². The van der Waals surface area contributed by atoms with Gasteiger partial charge in [-0.25, -0.2) is 9.97 Å². The molecule has 1 N–H and O–H groups in total. The third-order valence-electron chi connectivity index (χ3n) is 6.83. The van der Waals surface area contributed by atoms with Gasteiger partial charge in [0.2, 0.25) is 11.8 Å². The van der Waals surface area contributed by atoms with E-state index in [2.05, 4.69) is 27.0 Å². The SMILES string of the molecule is CC(=O)NC[C@H]1[C@H]2C[C@H](CN(c3nc(C)nc(C)c3C)C2)[C@@H]2CCCC(=O)N21. The molecule has 2 bridgehead atoms. The Morgan fingerprint density at radius 3 is 2.68 bits per heavy atom. The van der Waals surface area contributed by atoms with Gasteiger partial charge in [-0.3, -0.25) is 9.59 Å². The molecule has 3 aliphatic heterocycles. The van der Waals surface area contributed by atoms with Crippen molar-refractivity contribution in [3.05, 3.63) is 17.1 Å². The molecule has 7 nitrogen and oxygen atoms in total. The van der Waals surface area contributed by atoms with Gasteiger partial charge in [0.05, 0.1) is 6.04 Å². The van der Waals surface area contributed by atoms with E-state index in [0.29, 0.717) is 24.8 Å². The van der Waals surface area contributed by atoms with Gasteiger partial charge in [0.15, 0.2) is 0 Å². The monoisotopic (exact) mass is 385 g/mol. The van der Waals surface area contributed by atoms with Gasteiger partial charge in [0.1, 0.15) is 11.6 Å². The van der Waals surface area contributed by atoms with E-state index in [-0.39, 0.29) is 23.9 Å². The molecule has 0 aliphatic carbocycles. The summed E-state index contributed by atoms with van der Waals surface area (Å²) in [6.07, 6.45) is 3.80. The van der Waals surface area contributed by atoms with E-state index in [1.165, 1.54) is 0 Å². The molecule has 1 aromatic heterocycles. The number of nitrogens with zero attached hydrogens (tertiary/aromatic N) is 4. The molecule has 0 unspecified atom stereocenters. The van der Waals surface area contributed by atoms with Crippen molar-refractivity contribution in [2.24, 2.45) is 11.8 Å². The van der Waals surface area contributed by atoms with Gasteiger partial charge in [-0.05, 0) is 51.9 Å². The van der Waals surface area contributed by atoms with E-state index in [1.807, 2.05) is 13.8 Å². The van der Waals surface area contributed by atoms with Gasteiger partial charge >= 0.3 is 0 Å². The van der Waals surface area contributed by atoms with Crippen LogP contribution in [0.15, 0.2) is 0 Å². The minimum atomic E-state index is -0.0336. The Morgan fingerprint density at radius 1 is 1.18 bits per heavy atom. The van der Waals surface area contributed by atoms with E-state index >= 15 is 0 Å². The van der Waals surface area contributed by atoms with Crippen molar-refractivity contribution in [1.82, 2.24) is 20.2 Å². The first-order chi connectivity index (χ1) is 13.3. The quantitative estimate of drug-likeness (QED) is 0.858. The van der Waals surface area contributed by atoms with E-state index < -0.39 is 0 Å². The van der Waals surface area contributed by atoms with Crippen LogP contribution in [-0.2, 0) is 9.59 Å². The number of rotatable bonds is 3. The number of carbonyl (C=O) groups is 2. The first-order valence-corrected chi connectivity index (χ1v) is 10.5. The van der Waals surface area contributed by atoms with E-state index in [1.54, 1.807) is 6.92 Å². The Balaban J connectivity index is 1.66. The second-order valence-electron chi connectivity index (χ2n) is 8.73. The highest BCUT2D eigenvalue weighted by molar-refractivity contribution is 5.78. The Morgan fingerprint density at radius 2 is 1.93 bits per heavy atom. The van der Waals surface area contributed by atoms with Crippen molar-refractivity contribution in [3.8, 4) is 0 Å². The number of hydrogen-bond acceptors (Lipinski definition) is 5. The van der Waals surface area contributed by atoms with E-state index in [9.17, 15) is 9.59 Å². The summed E-state index contributed by atoms with van der Waals surface area (Å²) in [5.74, 6) is 2.88. The number of anilines is 1. The number of aryl methyl sites for hydroxylation is 2. The average Bonchev–Trinajstić information content (AvgIpc) is 2.64. The van der Waals surface area contributed by atoms with Crippen molar-refractivity contribution in [2.75, 3.05) is 24.5 Å². The van der Waals surface area contributed by atoms with Crippen molar-refractivity contribution in [2.45, 2.75) is 65.5 Å². The predicted molar refractivity (Wildman–Crippen MR) is 107 cm³/mol. The fourth-order valence-electron chi connectivity index (χ4n) is 5.52. The van der Waals surface area contributed by atoms with Gasteiger partial charge in [-0.2, -0.15) is 0 Å². The van der Waals surface area contributed by atoms with Crippen LogP contribution in [0.5, 0.6) is 0 Å². The maximum absolute atomic E-state index is 12.8. The number of fused-ring (bicyclic) bond motifs is 4. The van der Waals surface area contributed by atoms with E-state index in [0.717, 1.165) is 55.3 Å². The second-order valence-corrected chi connectivity index (χ2v) is 8.73. The summed E-state index contributed by atoms with van der Waals surface area (Å²) in [6.45, 7) is 9.98. The average molecular weight is 386 g/mol. The molecule has 0 radical (unpaired) electrons. The summed E-state index contributed by atoms with van der Waals surface area (Å²) >= 11 is 0. The second kappa shape index (κ2) is 7.33. The third-order valence-corrected chi connectivity index (χ3v) is 6.83. The van der Waals surface area contributed by atoms with Gasteiger partial charge < -0.3 is 15.1 Å². The number of piperidine rings is 3. The molecule has 4 atom stereocenters. The highest BCUT2D eigenvalue weighted by atomic mass is 16.2. The van der Waals surface area contributed by atoms with Gasteiger partial charge in [0.25, 0.3) is 0 Å². The van der Waals surface area contributed by atoms with Crippen molar-refractivity contribution < 1.29 is 9.59 Å². The maximum atomic E-state index is 12.8. The topological polar surface area (TPSA) is 78.4 Å². The van der Waals surface area contributed by atoms with Crippen molar-refractivity contribution in [3.63, 3.8) is 0 Å². The summed E-state index contributed by atoms with van der Waals surface area (Å²) in [5, 5.41) is 2.98. The molecule has 4 heterocycles. The van der Waals surface area contributed by atoms with Crippen molar-refractivity contribution >= 4 is 17.6 Å². The number of aromatic nitrogens is 2. The Labute approximate surface area is 166 Å². The number of carbonyl (C=O) groups excluding carboxylic acids is 2. The zero-order valence-electron chi connectivity index (χ0n) is 17.4. The molecular weight excluding hydrogens is 354 g/mol. The van der Waals surface area contributed by atoms with Crippen LogP contribution in [0.1, 0.15) is 49.7 Å². The van der Waals surface area contributed by atoms with Gasteiger partial charge in [0, 0.05) is 50.3 Å². The van der Waals surface area contributed by atoms with Crippen LogP contribution < -0.4 is 10.2 Å². The van der Waals surface area contributed by atoms with Crippen LogP contribution in [0.2, 0.25) is 0 Å². The van der Waals surface area contributed by atoms with Crippen LogP contribution >= 0.6 is 0 Å². The summed E-state index contributed by atoms with van der Waals surface area (Å²) in [5.41, 5.74) is 2.17. The molecule has 3 aliphatic rings. The molecule has 0 spiro atoms. The minimum Gasteiger partial charge on any atom is -0.356 e. The van der Waals surface area contributed by atoms with Crippen LogP contribution in [0.4, 0.5) is 5.82 Å². The first kappa shape index (κ1) is 19.2. The molecule has 4 rings (SSSR count). The normalized spacial score (nSPS) is 29.5. The summed E-state index contributed by atoms with van der Waals surface area (Å²) in [4.78, 5) is 38.2. The van der Waals surface area contributed by atoms with Crippen LogP contribution in [0.25, 0.3) is 0 Å². The number of amides is 2. The molecule has 28 heavy (non-hydrogen) atoms. The van der Waals surface area contributed by atoms with Crippen LogP contribution in [0, 0.1) is 32.6 Å². The highest BCUT2D eigenvalue weighted by Gasteiger charge is 2.49. The van der Waals surface area contributed by atoms with E-state index in [4.69, 9.17) is 4.98 Å². The third kappa shape index (κ3) is 3.35. The lowest BCUT2D eigenvalue weighted by Gasteiger charge is -2.57. The predicted octanol–water partition coefficient (Wildman–Crippen LogP) is 1.74. The first-order valence-electron chi connectivity index (χ1n) is 10.5. The minimum absolute atomic E-state index is 0.0336. The largest absolute Gasteiger partial charge is 0.356 e. The Hall–Kier alpha value is -2.18. The lowest BCUT2D eigenvalue weighted by atomic mass is 9.72. The molecule has 3 saturated heterocycles. The standard InChI is InChI=1S/C21H31N5O2/c1-12-13(2)23-14(3)24-21(12)25-10-16-8-17(11-25)19(9-22-15(4)27)26-18(16)6-5-7-20(26)28/h16-19H,5-11H2,1-4H3,(H,22,27)/t16-,17+,18+,19+/m1/s1. The van der Waals surface area contributed by atoms with Crippen molar-refractivity contribution in [1.29, 1.82) is 0 Å². The highest BCUT2D eigenvalue weighted by Crippen LogP contribution is 2.42. The van der Waals surface area contributed by atoms with Crippen LogP contribution in [0.3, 0.4) is 0 Å². The zero-order chi connectivity index (χ0) is 20.0. The number of nitrogens with one attached hydrogen (secondary N) is 1. The Bertz CT molecular complexity index is 795. The Kier molecular flexibility index (Phi) is 5.02. The molecular formula is C21H31N5O2. The molecule has 152 valence electrons. The molecule has 0 aromatic carbocycles. The summed E-state index contributed by atoms with van der Waals surface area (Å²) in [7, 11) is 0. The number of hydrogen-bond donors (Lipinski definition) is 1.